The highest BCUT2D eigenvalue weighted by Gasteiger charge is 2.17. The molecular formula is C23H20O3S. The van der Waals surface area contributed by atoms with Crippen molar-refractivity contribution in [3.63, 3.8) is 0 Å². The minimum absolute atomic E-state index is 0.825. The molecule has 3 aromatic carbocycles. The molecule has 0 aliphatic carbocycles. The lowest BCUT2D eigenvalue weighted by Gasteiger charge is -2.09. The first-order valence-electron chi connectivity index (χ1n) is 8.67. The average Bonchev–Trinajstić information content (AvgIpc) is 3.07. The maximum absolute atomic E-state index is 6.34. The van der Waals surface area contributed by atoms with Gasteiger partial charge in [-0.2, -0.15) is 0 Å². The SMILES string of the molecule is COc1ccc(-c2sc3cc(OC)ccc3c2Oc2ccc(C)cc2)cc1. The normalized spacial score (nSPS) is 10.8. The summed E-state index contributed by atoms with van der Waals surface area (Å²) in [6.45, 7) is 2.07. The standard InChI is InChI=1S/C23H20O3S/c1-15-4-8-18(9-5-15)26-22-20-13-12-19(25-3)14-21(20)27-23(22)16-6-10-17(24-2)11-7-16/h4-14H,1-3H3. The van der Waals surface area contributed by atoms with E-state index in [4.69, 9.17) is 14.2 Å². The second-order valence-corrected chi connectivity index (χ2v) is 7.32. The van der Waals surface area contributed by atoms with Gasteiger partial charge in [-0.25, -0.2) is 0 Å². The van der Waals surface area contributed by atoms with E-state index in [2.05, 4.69) is 43.3 Å². The number of thiophene rings is 1. The summed E-state index contributed by atoms with van der Waals surface area (Å²) >= 11 is 1.70. The number of hydrogen-bond donors (Lipinski definition) is 0. The Labute approximate surface area is 162 Å². The van der Waals surface area contributed by atoms with E-state index >= 15 is 0 Å². The molecule has 0 aliphatic rings. The Morgan fingerprint density at radius 2 is 1.33 bits per heavy atom. The van der Waals surface area contributed by atoms with Gasteiger partial charge in [0, 0.05) is 10.1 Å². The highest BCUT2D eigenvalue weighted by molar-refractivity contribution is 7.22. The highest BCUT2D eigenvalue weighted by atomic mass is 32.1. The maximum Gasteiger partial charge on any atom is 0.153 e. The molecule has 136 valence electrons. The van der Waals surface area contributed by atoms with E-state index in [1.807, 2.05) is 30.3 Å². The Morgan fingerprint density at radius 1 is 0.704 bits per heavy atom. The van der Waals surface area contributed by atoms with Gasteiger partial charge < -0.3 is 14.2 Å². The highest BCUT2D eigenvalue weighted by Crippen LogP contribution is 2.47. The third-order valence-electron chi connectivity index (χ3n) is 4.44. The molecule has 4 heteroatoms. The molecule has 4 aromatic rings. The lowest BCUT2D eigenvalue weighted by atomic mass is 10.1. The van der Waals surface area contributed by atoms with Crippen molar-refractivity contribution in [2.75, 3.05) is 14.2 Å². The van der Waals surface area contributed by atoms with Gasteiger partial charge in [0.1, 0.15) is 17.2 Å². The molecule has 0 saturated carbocycles. The third kappa shape index (κ3) is 3.49. The first kappa shape index (κ1) is 17.4. The summed E-state index contributed by atoms with van der Waals surface area (Å²) in [7, 11) is 3.36. The molecule has 1 heterocycles. The van der Waals surface area contributed by atoms with Gasteiger partial charge >= 0.3 is 0 Å². The van der Waals surface area contributed by atoms with E-state index in [1.165, 1.54) is 5.56 Å². The van der Waals surface area contributed by atoms with Crippen LogP contribution in [-0.2, 0) is 0 Å². The van der Waals surface area contributed by atoms with Crippen molar-refractivity contribution in [3.8, 4) is 33.4 Å². The fourth-order valence-electron chi connectivity index (χ4n) is 2.94. The van der Waals surface area contributed by atoms with Crippen LogP contribution in [0.2, 0.25) is 0 Å². The van der Waals surface area contributed by atoms with Crippen molar-refractivity contribution in [2.24, 2.45) is 0 Å². The fourth-order valence-corrected chi connectivity index (χ4v) is 4.10. The number of fused-ring (bicyclic) bond motifs is 1. The largest absolute Gasteiger partial charge is 0.497 e. The van der Waals surface area contributed by atoms with Gasteiger partial charge in [-0.15, -0.1) is 11.3 Å². The molecule has 0 unspecified atom stereocenters. The van der Waals surface area contributed by atoms with Gasteiger partial charge in [0.25, 0.3) is 0 Å². The summed E-state index contributed by atoms with van der Waals surface area (Å²) < 4.78 is 18.1. The molecule has 0 N–H and O–H groups in total. The summed E-state index contributed by atoms with van der Waals surface area (Å²) in [5.41, 5.74) is 2.30. The predicted octanol–water partition coefficient (Wildman–Crippen LogP) is 6.69. The smallest absolute Gasteiger partial charge is 0.153 e. The quantitative estimate of drug-likeness (QED) is 0.388. The van der Waals surface area contributed by atoms with Crippen LogP contribution in [0.4, 0.5) is 0 Å². The molecule has 0 saturated heterocycles. The number of benzene rings is 3. The number of hydrogen-bond acceptors (Lipinski definition) is 4. The second-order valence-electron chi connectivity index (χ2n) is 6.27. The van der Waals surface area contributed by atoms with Crippen LogP contribution < -0.4 is 14.2 Å². The van der Waals surface area contributed by atoms with Crippen LogP contribution in [0.1, 0.15) is 5.56 Å². The summed E-state index contributed by atoms with van der Waals surface area (Å²) in [6, 6.07) is 22.2. The van der Waals surface area contributed by atoms with Crippen LogP contribution in [0, 0.1) is 6.92 Å². The molecular weight excluding hydrogens is 356 g/mol. The average molecular weight is 376 g/mol. The van der Waals surface area contributed by atoms with E-state index in [0.717, 1.165) is 43.5 Å². The molecule has 0 fully saturated rings. The minimum atomic E-state index is 0.825. The van der Waals surface area contributed by atoms with E-state index < -0.39 is 0 Å². The van der Waals surface area contributed by atoms with E-state index in [1.54, 1.807) is 25.6 Å². The van der Waals surface area contributed by atoms with Crippen LogP contribution in [-0.4, -0.2) is 14.2 Å². The van der Waals surface area contributed by atoms with Gasteiger partial charge in [-0.1, -0.05) is 17.7 Å². The zero-order valence-electron chi connectivity index (χ0n) is 15.5. The van der Waals surface area contributed by atoms with Gasteiger partial charge in [0.2, 0.25) is 0 Å². The van der Waals surface area contributed by atoms with Crippen LogP contribution >= 0.6 is 11.3 Å². The Kier molecular flexibility index (Phi) is 4.73. The van der Waals surface area contributed by atoms with Crippen LogP contribution in [0.3, 0.4) is 0 Å². The monoisotopic (exact) mass is 376 g/mol. The molecule has 1 aromatic heterocycles. The summed E-state index contributed by atoms with van der Waals surface area (Å²) in [5, 5.41) is 1.08. The van der Waals surface area contributed by atoms with Gasteiger partial charge in [-0.3, -0.25) is 0 Å². The topological polar surface area (TPSA) is 27.7 Å². The zero-order valence-corrected chi connectivity index (χ0v) is 16.3. The van der Waals surface area contributed by atoms with Crippen molar-refractivity contribution in [2.45, 2.75) is 6.92 Å². The van der Waals surface area contributed by atoms with Gasteiger partial charge in [0.15, 0.2) is 5.75 Å². The van der Waals surface area contributed by atoms with Crippen molar-refractivity contribution >= 4 is 21.4 Å². The van der Waals surface area contributed by atoms with Crippen LogP contribution in [0.15, 0.2) is 66.7 Å². The summed E-state index contributed by atoms with van der Waals surface area (Å²) in [6.07, 6.45) is 0. The number of methoxy groups -OCH3 is 2. The first-order valence-corrected chi connectivity index (χ1v) is 9.49. The summed E-state index contributed by atoms with van der Waals surface area (Å²) in [4.78, 5) is 1.08. The Balaban J connectivity index is 1.85. The zero-order chi connectivity index (χ0) is 18.8. The molecule has 27 heavy (non-hydrogen) atoms. The Bertz CT molecular complexity index is 1060. The molecule has 3 nitrogen and oxygen atoms in total. The first-order chi connectivity index (χ1) is 13.2. The van der Waals surface area contributed by atoms with Gasteiger partial charge in [0.05, 0.1) is 19.1 Å². The number of aryl methyl sites for hydroxylation is 1. The van der Waals surface area contributed by atoms with Crippen molar-refractivity contribution in [3.05, 3.63) is 72.3 Å². The number of ether oxygens (including phenoxy) is 3. The predicted molar refractivity (Wildman–Crippen MR) is 112 cm³/mol. The van der Waals surface area contributed by atoms with Crippen molar-refractivity contribution in [1.82, 2.24) is 0 Å². The lowest BCUT2D eigenvalue weighted by molar-refractivity contribution is 0.415. The van der Waals surface area contributed by atoms with Crippen LogP contribution in [0.25, 0.3) is 20.5 Å². The van der Waals surface area contributed by atoms with Crippen LogP contribution in [0.5, 0.6) is 23.0 Å². The molecule has 0 radical (unpaired) electrons. The number of rotatable bonds is 5. The lowest BCUT2D eigenvalue weighted by Crippen LogP contribution is -1.87. The van der Waals surface area contributed by atoms with Crippen molar-refractivity contribution < 1.29 is 14.2 Å². The molecule has 0 spiro atoms. The fraction of sp³-hybridized carbons (Fsp3) is 0.130. The Hall–Kier alpha value is -2.98. The maximum atomic E-state index is 6.34. The summed E-state index contributed by atoms with van der Waals surface area (Å²) in [5.74, 6) is 3.37. The minimum Gasteiger partial charge on any atom is -0.497 e. The van der Waals surface area contributed by atoms with E-state index in [-0.39, 0.29) is 0 Å². The second kappa shape index (κ2) is 7.33. The van der Waals surface area contributed by atoms with Gasteiger partial charge in [-0.05, 0) is 67.1 Å². The molecule has 0 bridgehead atoms. The Morgan fingerprint density at radius 3 is 2.00 bits per heavy atom. The molecule has 0 aliphatic heterocycles. The molecule has 0 amide bonds. The molecule has 0 atom stereocenters. The van der Waals surface area contributed by atoms with E-state index in [9.17, 15) is 0 Å². The third-order valence-corrected chi connectivity index (χ3v) is 5.63. The molecule has 4 rings (SSSR count). The van der Waals surface area contributed by atoms with Crippen molar-refractivity contribution in [1.29, 1.82) is 0 Å². The van der Waals surface area contributed by atoms with E-state index in [0.29, 0.717) is 0 Å².